The van der Waals surface area contributed by atoms with E-state index in [0.717, 1.165) is 29.7 Å². The van der Waals surface area contributed by atoms with Crippen molar-refractivity contribution >= 4 is 28.2 Å². The van der Waals surface area contributed by atoms with E-state index in [-0.39, 0.29) is 5.91 Å². The van der Waals surface area contributed by atoms with Crippen molar-refractivity contribution < 1.29 is 19.1 Å². The van der Waals surface area contributed by atoms with Crippen molar-refractivity contribution in [3.05, 3.63) is 39.8 Å². The summed E-state index contributed by atoms with van der Waals surface area (Å²) in [7, 11) is 2.99. The largest absolute Gasteiger partial charge is 0.493 e. The first-order valence-corrected chi connectivity index (χ1v) is 9.24. The summed E-state index contributed by atoms with van der Waals surface area (Å²) in [5, 5.41) is 3.36. The molecule has 0 unspecified atom stereocenters. The van der Waals surface area contributed by atoms with Gasteiger partial charge in [-0.1, -0.05) is 13.0 Å². The fourth-order valence-corrected chi connectivity index (χ4v) is 4.75. The number of carbonyl (C=O) groups is 2. The Labute approximate surface area is 156 Å². The van der Waals surface area contributed by atoms with Crippen LogP contribution in [0.3, 0.4) is 0 Å². The summed E-state index contributed by atoms with van der Waals surface area (Å²) >= 11 is 1.44. The molecule has 1 aromatic heterocycles. The van der Waals surface area contributed by atoms with Crippen LogP contribution in [0.4, 0.5) is 5.00 Å². The molecule has 3 N–H and O–H groups in total. The maximum absolute atomic E-state index is 12.8. The van der Waals surface area contributed by atoms with E-state index in [4.69, 9.17) is 15.2 Å². The van der Waals surface area contributed by atoms with Gasteiger partial charge >= 0.3 is 0 Å². The van der Waals surface area contributed by atoms with Gasteiger partial charge in [-0.2, -0.15) is 0 Å². The highest BCUT2D eigenvalue weighted by atomic mass is 32.1. The van der Waals surface area contributed by atoms with Crippen LogP contribution in [0.5, 0.6) is 11.5 Å². The number of primary amides is 1. The summed E-state index contributed by atoms with van der Waals surface area (Å²) in [4.78, 5) is 26.0. The number of methoxy groups -OCH3 is 2. The molecule has 0 bridgehead atoms. The number of anilines is 1. The van der Waals surface area contributed by atoms with E-state index in [1.54, 1.807) is 18.2 Å². The van der Waals surface area contributed by atoms with E-state index in [2.05, 4.69) is 12.2 Å². The number of hydrogen-bond donors (Lipinski definition) is 2. The Hall–Kier alpha value is -2.54. The molecule has 0 radical (unpaired) electrons. The molecule has 1 aliphatic rings. The first-order valence-electron chi connectivity index (χ1n) is 8.42. The lowest BCUT2D eigenvalue weighted by Gasteiger charge is -2.18. The van der Waals surface area contributed by atoms with Gasteiger partial charge in [-0.15, -0.1) is 11.3 Å². The number of para-hydroxylation sites is 1. The highest BCUT2D eigenvalue weighted by Crippen LogP contribution is 2.40. The molecule has 0 saturated heterocycles. The Bertz CT molecular complexity index is 859. The number of fused-ring (bicyclic) bond motifs is 1. The van der Waals surface area contributed by atoms with Crippen LogP contribution in [0.15, 0.2) is 18.2 Å². The molecule has 6 nitrogen and oxygen atoms in total. The molecule has 2 amide bonds. The van der Waals surface area contributed by atoms with Gasteiger partial charge in [0, 0.05) is 4.88 Å². The van der Waals surface area contributed by atoms with E-state index in [1.165, 1.54) is 25.6 Å². The maximum Gasteiger partial charge on any atom is 0.260 e. The molecule has 1 aliphatic carbocycles. The van der Waals surface area contributed by atoms with E-state index < -0.39 is 5.91 Å². The van der Waals surface area contributed by atoms with Crippen LogP contribution in [0.1, 0.15) is 44.5 Å². The first kappa shape index (κ1) is 18.3. The number of rotatable bonds is 5. The predicted molar refractivity (Wildman–Crippen MR) is 102 cm³/mol. The highest BCUT2D eigenvalue weighted by molar-refractivity contribution is 7.17. The number of nitrogens with two attached hydrogens (primary N) is 1. The standard InChI is InChI=1S/C19H22N2O4S/c1-10-7-8-11-14(9-10)26-19(15(11)17(20)22)21-18(23)12-5-4-6-13(24-2)16(12)25-3/h4-6,10H,7-9H2,1-3H3,(H2,20,22)(H,21,23)/t10-/m1/s1. The fraction of sp³-hybridized carbons (Fsp3) is 0.368. The van der Waals surface area contributed by atoms with Crippen molar-refractivity contribution in [2.24, 2.45) is 11.7 Å². The number of ether oxygens (including phenoxy) is 2. The zero-order valence-corrected chi connectivity index (χ0v) is 15.9. The predicted octanol–water partition coefficient (Wildman–Crippen LogP) is 3.24. The summed E-state index contributed by atoms with van der Waals surface area (Å²) in [6.07, 6.45) is 2.73. The lowest BCUT2D eigenvalue weighted by molar-refractivity contribution is 0.1000. The second-order valence-corrected chi connectivity index (χ2v) is 7.52. The molecule has 0 fully saturated rings. The Morgan fingerprint density at radius 3 is 2.69 bits per heavy atom. The summed E-state index contributed by atoms with van der Waals surface area (Å²) < 4.78 is 10.6. The molecule has 7 heteroatoms. The molecule has 3 rings (SSSR count). The van der Waals surface area contributed by atoms with Gasteiger partial charge in [-0.25, -0.2) is 0 Å². The lowest BCUT2D eigenvalue weighted by Crippen LogP contribution is -2.19. The van der Waals surface area contributed by atoms with Crippen molar-refractivity contribution in [2.45, 2.75) is 26.2 Å². The normalized spacial score (nSPS) is 15.9. The van der Waals surface area contributed by atoms with Crippen molar-refractivity contribution in [2.75, 3.05) is 19.5 Å². The Morgan fingerprint density at radius 1 is 1.27 bits per heavy atom. The van der Waals surface area contributed by atoms with Crippen LogP contribution in [0.25, 0.3) is 0 Å². The van der Waals surface area contributed by atoms with Crippen LogP contribution in [0.2, 0.25) is 0 Å². The molecule has 1 aromatic carbocycles. The second-order valence-electron chi connectivity index (χ2n) is 6.42. The Kier molecular flexibility index (Phi) is 5.18. The minimum Gasteiger partial charge on any atom is -0.493 e. The van der Waals surface area contributed by atoms with E-state index in [1.807, 2.05) is 0 Å². The molecule has 0 saturated carbocycles. The number of benzene rings is 1. The van der Waals surface area contributed by atoms with E-state index >= 15 is 0 Å². The van der Waals surface area contributed by atoms with Gasteiger partial charge in [0.15, 0.2) is 11.5 Å². The van der Waals surface area contributed by atoms with Crippen molar-refractivity contribution in [3.8, 4) is 11.5 Å². The van der Waals surface area contributed by atoms with Crippen LogP contribution in [-0.4, -0.2) is 26.0 Å². The summed E-state index contributed by atoms with van der Waals surface area (Å²) in [5.74, 6) is 0.501. The van der Waals surface area contributed by atoms with Crippen molar-refractivity contribution in [3.63, 3.8) is 0 Å². The summed E-state index contributed by atoms with van der Waals surface area (Å²) in [6, 6.07) is 5.08. The lowest BCUT2D eigenvalue weighted by atomic mass is 9.88. The number of carbonyl (C=O) groups excluding carboxylic acids is 2. The van der Waals surface area contributed by atoms with Crippen LogP contribution in [-0.2, 0) is 12.8 Å². The van der Waals surface area contributed by atoms with E-state index in [9.17, 15) is 9.59 Å². The highest BCUT2D eigenvalue weighted by Gasteiger charge is 2.28. The quantitative estimate of drug-likeness (QED) is 0.840. The average molecular weight is 374 g/mol. The van der Waals surface area contributed by atoms with Gasteiger partial charge < -0.3 is 20.5 Å². The smallest absolute Gasteiger partial charge is 0.260 e. The third kappa shape index (κ3) is 3.26. The number of hydrogen-bond acceptors (Lipinski definition) is 5. The maximum atomic E-state index is 12.8. The van der Waals surface area contributed by atoms with Gasteiger partial charge in [-0.3, -0.25) is 9.59 Å². The Morgan fingerprint density at radius 2 is 2.04 bits per heavy atom. The van der Waals surface area contributed by atoms with Gasteiger partial charge in [0.05, 0.1) is 25.3 Å². The molecular weight excluding hydrogens is 352 g/mol. The van der Waals surface area contributed by atoms with Crippen molar-refractivity contribution in [1.82, 2.24) is 0 Å². The topological polar surface area (TPSA) is 90.6 Å². The van der Waals surface area contributed by atoms with E-state index in [0.29, 0.717) is 33.5 Å². The van der Waals surface area contributed by atoms with Gasteiger partial charge in [0.25, 0.3) is 11.8 Å². The molecule has 1 atom stereocenters. The SMILES string of the molecule is COc1cccc(C(=O)Nc2sc3c(c2C(N)=O)CC[C@@H](C)C3)c1OC. The van der Waals surface area contributed by atoms with Crippen LogP contribution in [0, 0.1) is 5.92 Å². The monoisotopic (exact) mass is 374 g/mol. The van der Waals surface area contributed by atoms with Crippen LogP contribution < -0.4 is 20.5 Å². The first-order chi connectivity index (χ1) is 12.5. The van der Waals surface area contributed by atoms with Crippen molar-refractivity contribution in [1.29, 1.82) is 0 Å². The Balaban J connectivity index is 1.97. The molecular formula is C19H22N2O4S. The molecule has 0 aliphatic heterocycles. The number of amides is 2. The minimum atomic E-state index is -0.509. The van der Waals surface area contributed by atoms with Gasteiger partial charge in [0.2, 0.25) is 0 Å². The fourth-order valence-electron chi connectivity index (χ4n) is 3.34. The molecule has 1 heterocycles. The third-order valence-electron chi connectivity index (χ3n) is 4.63. The second kappa shape index (κ2) is 7.37. The zero-order valence-electron chi connectivity index (χ0n) is 15.0. The third-order valence-corrected chi connectivity index (χ3v) is 5.80. The van der Waals surface area contributed by atoms with Gasteiger partial charge in [0.1, 0.15) is 5.00 Å². The average Bonchev–Trinajstić information content (AvgIpc) is 2.97. The zero-order chi connectivity index (χ0) is 18.8. The van der Waals surface area contributed by atoms with Crippen LogP contribution >= 0.6 is 11.3 Å². The summed E-state index contributed by atoms with van der Waals surface area (Å²) in [6.45, 7) is 2.19. The summed E-state index contributed by atoms with van der Waals surface area (Å²) in [5.41, 5.74) is 7.36. The molecule has 0 spiro atoms. The van der Waals surface area contributed by atoms with Gasteiger partial charge in [-0.05, 0) is 42.9 Å². The number of thiophene rings is 1. The molecule has 26 heavy (non-hydrogen) atoms. The number of nitrogens with one attached hydrogen (secondary N) is 1. The molecule has 138 valence electrons. The molecule has 2 aromatic rings. The minimum absolute atomic E-state index is 0.335.